The zero-order chi connectivity index (χ0) is 49.5. The fraction of sp³-hybridized carbons (Fsp3) is 0.254. The van der Waals surface area contributed by atoms with Gasteiger partial charge in [0.25, 0.3) is 0 Å². The molecule has 4 nitrogen and oxygen atoms in total. The summed E-state index contributed by atoms with van der Waals surface area (Å²) >= 11 is 0. The molecule has 0 saturated heterocycles. The molecule has 9 aromatic rings. The Morgan fingerprint density at radius 1 is 0.423 bits per heavy atom. The van der Waals surface area contributed by atoms with Gasteiger partial charge in [0.1, 0.15) is 0 Å². The predicted octanol–water partition coefficient (Wildman–Crippen LogP) is 17.3. The molecule has 0 N–H and O–H groups in total. The Hall–Kier alpha value is -7.30. The second kappa shape index (κ2) is 19.1. The lowest BCUT2D eigenvalue weighted by Crippen LogP contribution is -2.28. The highest BCUT2D eigenvalue weighted by molar-refractivity contribution is 5.87. The second-order valence-electron chi connectivity index (χ2n) is 21.9. The molecule has 4 heteroatoms. The van der Waals surface area contributed by atoms with E-state index in [1.165, 1.54) is 86.9 Å². The molecule has 2 aromatic heterocycles. The average Bonchev–Trinajstić information content (AvgIpc) is 3.66. The first-order valence-electron chi connectivity index (χ1n) is 25.7. The Morgan fingerprint density at radius 3 is 1.39 bits per heavy atom. The Labute approximate surface area is 422 Å². The van der Waals surface area contributed by atoms with Crippen molar-refractivity contribution in [2.24, 2.45) is 0 Å². The summed E-state index contributed by atoms with van der Waals surface area (Å²) in [5, 5.41) is 0. The number of pyridine rings is 1. The van der Waals surface area contributed by atoms with E-state index >= 15 is 0 Å². The van der Waals surface area contributed by atoms with Crippen LogP contribution in [0.4, 0.5) is 0 Å². The van der Waals surface area contributed by atoms with Gasteiger partial charge < -0.3 is 0 Å². The molecule has 0 bridgehead atoms. The SMILES string of the molecule is CCCCCCc1ccc(C2(c3ccc(-c4cccc(-c5ccc(-c6nc(-c7ccc(C(C)(C)C)cc7)nc(-c7ccc(C(C)(C)C)cc7)n6)cn5)c4)cc3)c3cc(C)ccc3-c3ccc(C)cc32)cc1. The number of benzene rings is 7. The van der Waals surface area contributed by atoms with Gasteiger partial charge >= 0.3 is 0 Å². The van der Waals surface area contributed by atoms with Gasteiger partial charge in [-0.25, -0.2) is 15.0 Å². The van der Waals surface area contributed by atoms with Crippen LogP contribution in [-0.2, 0) is 22.7 Å². The monoisotopic (exact) mass is 927 g/mol. The van der Waals surface area contributed by atoms with Crippen molar-refractivity contribution < 1.29 is 0 Å². The van der Waals surface area contributed by atoms with Gasteiger partial charge in [-0.2, -0.15) is 0 Å². The molecule has 0 amide bonds. The largest absolute Gasteiger partial charge is 0.255 e. The van der Waals surface area contributed by atoms with Crippen molar-refractivity contribution in [2.45, 2.75) is 111 Å². The van der Waals surface area contributed by atoms with E-state index in [1.54, 1.807) is 0 Å². The summed E-state index contributed by atoms with van der Waals surface area (Å²) in [7, 11) is 0. The van der Waals surface area contributed by atoms with E-state index in [-0.39, 0.29) is 10.8 Å². The van der Waals surface area contributed by atoms with Crippen molar-refractivity contribution in [2.75, 3.05) is 0 Å². The van der Waals surface area contributed by atoms with E-state index in [2.05, 4.69) is 232 Å². The second-order valence-corrected chi connectivity index (χ2v) is 21.9. The first-order chi connectivity index (χ1) is 34.2. The van der Waals surface area contributed by atoms with Crippen molar-refractivity contribution >= 4 is 0 Å². The third kappa shape index (κ3) is 9.41. The Kier molecular flexibility index (Phi) is 12.8. The summed E-state index contributed by atoms with van der Waals surface area (Å²) in [6, 6.07) is 63.0. The van der Waals surface area contributed by atoms with Crippen LogP contribution in [0.5, 0.6) is 0 Å². The van der Waals surface area contributed by atoms with Crippen molar-refractivity contribution in [3.05, 3.63) is 226 Å². The van der Waals surface area contributed by atoms with E-state index in [0.29, 0.717) is 17.5 Å². The van der Waals surface area contributed by atoms with E-state index in [1.807, 2.05) is 6.20 Å². The molecule has 1 aliphatic rings. The smallest absolute Gasteiger partial charge is 0.165 e. The lowest BCUT2D eigenvalue weighted by atomic mass is 9.67. The maximum Gasteiger partial charge on any atom is 0.165 e. The predicted molar refractivity (Wildman–Crippen MR) is 297 cm³/mol. The van der Waals surface area contributed by atoms with Gasteiger partial charge in [-0.1, -0.05) is 231 Å². The Morgan fingerprint density at radius 2 is 0.901 bits per heavy atom. The number of unbranched alkanes of at least 4 members (excludes halogenated alkanes) is 3. The zero-order valence-corrected chi connectivity index (χ0v) is 43.1. The summed E-state index contributed by atoms with van der Waals surface area (Å²) in [4.78, 5) is 20.2. The van der Waals surface area contributed by atoms with E-state index in [4.69, 9.17) is 19.9 Å². The minimum Gasteiger partial charge on any atom is -0.255 e. The highest BCUT2D eigenvalue weighted by atomic mass is 15.0. The van der Waals surface area contributed by atoms with Crippen LogP contribution in [-0.4, -0.2) is 19.9 Å². The highest BCUT2D eigenvalue weighted by Crippen LogP contribution is 2.56. The number of rotatable bonds is 12. The molecule has 7 aromatic carbocycles. The van der Waals surface area contributed by atoms with Crippen molar-refractivity contribution in [3.8, 4) is 67.7 Å². The van der Waals surface area contributed by atoms with Crippen molar-refractivity contribution in [3.63, 3.8) is 0 Å². The molecule has 0 unspecified atom stereocenters. The summed E-state index contributed by atoms with van der Waals surface area (Å²) in [6.07, 6.45) is 8.08. The maximum absolute atomic E-state index is 5.06. The third-order valence-electron chi connectivity index (χ3n) is 14.6. The van der Waals surface area contributed by atoms with Gasteiger partial charge in [-0.05, 0) is 117 Å². The van der Waals surface area contributed by atoms with Gasteiger partial charge in [0.2, 0.25) is 0 Å². The Bertz CT molecular complexity index is 3200. The van der Waals surface area contributed by atoms with Gasteiger partial charge in [0, 0.05) is 28.5 Å². The van der Waals surface area contributed by atoms with Crippen molar-refractivity contribution in [1.29, 1.82) is 0 Å². The lowest BCUT2D eigenvalue weighted by molar-refractivity contribution is 0.590. The molecular weight excluding hydrogens is 861 g/mol. The topological polar surface area (TPSA) is 51.6 Å². The number of hydrogen-bond donors (Lipinski definition) is 0. The minimum atomic E-state index is -0.455. The molecule has 0 saturated carbocycles. The number of aryl methyl sites for hydroxylation is 3. The molecule has 71 heavy (non-hydrogen) atoms. The van der Waals surface area contributed by atoms with Crippen LogP contribution in [0.2, 0.25) is 0 Å². The van der Waals surface area contributed by atoms with E-state index in [9.17, 15) is 0 Å². The van der Waals surface area contributed by atoms with Crippen molar-refractivity contribution in [1.82, 2.24) is 19.9 Å². The van der Waals surface area contributed by atoms with Gasteiger partial charge in [0.05, 0.1) is 11.1 Å². The standard InChI is InChI=1S/C67H66N4/c1-10-11-12-13-15-46-20-29-55(30-21-46)67(59-40-44(2)18-37-57(59)58-38-19-45(3)41-60(58)67)56-35-22-47(23-36-56)50-16-14-17-51(42-50)61-39-28-52(43-68-61)64-70-62(48-24-31-53(32-25-48)65(4,5)6)69-63(71-64)49-26-33-54(34-27-49)66(7,8)9/h14,16-43H,10-13,15H2,1-9H3. The fourth-order valence-electron chi connectivity index (χ4n) is 10.5. The van der Waals surface area contributed by atoms with Gasteiger partial charge in [-0.15, -0.1) is 0 Å². The summed E-state index contributed by atoms with van der Waals surface area (Å²) in [6.45, 7) is 20.1. The quantitative estimate of drug-likeness (QED) is 0.115. The van der Waals surface area contributed by atoms with Crippen LogP contribution >= 0.6 is 0 Å². The van der Waals surface area contributed by atoms with Crippen LogP contribution in [0.3, 0.4) is 0 Å². The first kappa shape index (κ1) is 47.4. The molecule has 354 valence electrons. The molecule has 0 fully saturated rings. The fourth-order valence-corrected chi connectivity index (χ4v) is 10.5. The lowest BCUT2D eigenvalue weighted by Gasteiger charge is -2.34. The summed E-state index contributed by atoms with van der Waals surface area (Å²) < 4.78 is 0. The van der Waals surface area contributed by atoms with Gasteiger partial charge in [0.15, 0.2) is 17.5 Å². The molecule has 2 heterocycles. The van der Waals surface area contributed by atoms with Crippen LogP contribution in [0.1, 0.15) is 124 Å². The van der Waals surface area contributed by atoms with E-state index in [0.717, 1.165) is 45.5 Å². The van der Waals surface area contributed by atoms with Crippen LogP contribution < -0.4 is 0 Å². The first-order valence-corrected chi connectivity index (χ1v) is 25.7. The summed E-state index contributed by atoms with van der Waals surface area (Å²) in [5.74, 6) is 1.86. The molecule has 10 rings (SSSR count). The molecule has 0 spiro atoms. The molecule has 0 radical (unpaired) electrons. The van der Waals surface area contributed by atoms with Crippen LogP contribution in [0, 0.1) is 13.8 Å². The maximum atomic E-state index is 5.06. The third-order valence-corrected chi connectivity index (χ3v) is 14.6. The Balaban J connectivity index is 0.981. The van der Waals surface area contributed by atoms with Crippen LogP contribution in [0.15, 0.2) is 176 Å². The summed E-state index contributed by atoms with van der Waals surface area (Å²) in [5.41, 5.74) is 21.0. The minimum absolute atomic E-state index is 0.0407. The average molecular weight is 927 g/mol. The normalized spacial score (nSPS) is 13.0. The molecule has 0 atom stereocenters. The highest BCUT2D eigenvalue weighted by Gasteiger charge is 2.46. The number of aromatic nitrogens is 4. The van der Waals surface area contributed by atoms with Crippen LogP contribution in [0.25, 0.3) is 67.7 Å². The molecular formula is C67H66N4. The van der Waals surface area contributed by atoms with Gasteiger partial charge in [-0.3, -0.25) is 4.98 Å². The molecule has 1 aliphatic carbocycles. The number of hydrogen-bond acceptors (Lipinski definition) is 4. The zero-order valence-electron chi connectivity index (χ0n) is 43.1. The molecule has 0 aliphatic heterocycles. The van der Waals surface area contributed by atoms with E-state index < -0.39 is 5.41 Å². The number of nitrogens with zero attached hydrogens (tertiary/aromatic N) is 4. The number of fused-ring (bicyclic) bond motifs is 3.